The molecule has 0 heterocycles. The van der Waals surface area contributed by atoms with Gasteiger partial charge in [-0.15, -0.1) is 45.6 Å². The topological polar surface area (TPSA) is 20.2 Å². The summed E-state index contributed by atoms with van der Waals surface area (Å²) in [6.45, 7) is 9.39. The van der Waals surface area contributed by atoms with Crippen molar-refractivity contribution in [1.29, 1.82) is 0 Å². The molecule has 3 rings (SSSR count). The van der Waals surface area contributed by atoms with E-state index in [0.29, 0.717) is 0 Å². The van der Waals surface area contributed by atoms with Gasteiger partial charge >= 0.3 is 26.2 Å². The molecule has 2 aliphatic rings. The number of allylic oxidation sites excluding steroid dienone is 7. The van der Waals surface area contributed by atoms with Gasteiger partial charge in [-0.1, -0.05) is 62.5 Å². The van der Waals surface area contributed by atoms with Crippen LogP contribution in [0.3, 0.4) is 0 Å². The van der Waals surface area contributed by atoms with E-state index in [4.69, 9.17) is 0 Å². The van der Waals surface area contributed by atoms with Crippen LogP contribution in [0.2, 0.25) is 19.1 Å². The number of aliphatic hydroxyl groups is 1. The molecule has 0 fully saturated rings. The van der Waals surface area contributed by atoms with Crippen molar-refractivity contribution in [3.63, 3.8) is 0 Å². The summed E-state index contributed by atoms with van der Waals surface area (Å²) in [5.41, 5.74) is 7.93. The summed E-state index contributed by atoms with van der Waals surface area (Å²) in [7, 11) is -1.61. The molecule has 5 heteroatoms. The minimum atomic E-state index is -1.61. The third kappa shape index (κ3) is 4.80. The Morgan fingerprint density at radius 2 is 1.81 bits per heavy atom. The number of fused-ring (bicyclic) bond motifs is 1. The van der Waals surface area contributed by atoms with Gasteiger partial charge in [0.05, 0.1) is 8.07 Å². The second-order valence-electron chi connectivity index (χ2n) is 7.28. The van der Waals surface area contributed by atoms with Gasteiger partial charge in [-0.3, -0.25) is 0 Å². The number of aliphatic hydroxyl groups excluding tert-OH is 1. The summed E-state index contributed by atoms with van der Waals surface area (Å²) >= 11 is 0. The van der Waals surface area contributed by atoms with E-state index in [9.17, 15) is 5.11 Å². The van der Waals surface area contributed by atoms with Gasteiger partial charge in [-0.05, 0) is 12.5 Å². The summed E-state index contributed by atoms with van der Waals surface area (Å²) in [6.07, 6.45) is 9.24. The minimum absolute atomic E-state index is 0. The molecule has 137 valence electrons. The zero-order chi connectivity index (χ0) is 16.6. The Kier molecular flexibility index (Phi) is 10.3. The van der Waals surface area contributed by atoms with Crippen molar-refractivity contribution in [2.75, 3.05) is 6.61 Å². The van der Waals surface area contributed by atoms with E-state index in [-0.39, 0.29) is 57.6 Å². The molecule has 0 aliphatic heterocycles. The SMILES string of the molecule is CC(C)=C1C(C2=C([Si](C)(C)CCO)C=CC2)=[C-]c2ccccc21.[Cl-].[Cl-].[Zr+3]. The molecule has 1 N–H and O–H groups in total. The molecular formula is C21H25Cl2OSiZr. The van der Waals surface area contributed by atoms with Crippen LogP contribution < -0.4 is 24.8 Å². The quantitative estimate of drug-likeness (QED) is 0.434. The molecule has 0 saturated carbocycles. The molecule has 0 saturated heterocycles. The average Bonchev–Trinajstić information content (AvgIpc) is 3.11. The first kappa shape index (κ1) is 25.8. The second kappa shape index (κ2) is 10.4. The van der Waals surface area contributed by atoms with Gasteiger partial charge in [0.15, 0.2) is 0 Å². The Morgan fingerprint density at radius 3 is 2.42 bits per heavy atom. The van der Waals surface area contributed by atoms with Crippen LogP contribution in [0.1, 0.15) is 31.4 Å². The second-order valence-corrected chi connectivity index (χ2v) is 12.1. The zero-order valence-corrected chi connectivity index (χ0v) is 20.8. The molecule has 0 spiro atoms. The van der Waals surface area contributed by atoms with Crippen LogP contribution in [-0.2, 0) is 26.2 Å². The third-order valence-electron chi connectivity index (χ3n) is 4.91. The van der Waals surface area contributed by atoms with Crippen molar-refractivity contribution in [3.05, 3.63) is 75.5 Å². The normalized spacial score (nSPS) is 15.0. The fourth-order valence-electron chi connectivity index (χ4n) is 3.68. The van der Waals surface area contributed by atoms with Crippen LogP contribution in [0.4, 0.5) is 0 Å². The molecule has 1 aromatic carbocycles. The number of halogens is 2. The van der Waals surface area contributed by atoms with Crippen molar-refractivity contribution in [2.45, 2.75) is 39.4 Å². The van der Waals surface area contributed by atoms with Crippen LogP contribution >= 0.6 is 0 Å². The molecule has 26 heavy (non-hydrogen) atoms. The molecule has 0 aromatic heterocycles. The average molecular weight is 484 g/mol. The predicted molar refractivity (Wildman–Crippen MR) is 101 cm³/mol. The summed E-state index contributed by atoms with van der Waals surface area (Å²) in [6, 6.07) is 9.48. The largest absolute Gasteiger partial charge is 3.00 e. The minimum Gasteiger partial charge on any atom is -1.00 e. The van der Waals surface area contributed by atoms with E-state index in [1.165, 1.54) is 38.6 Å². The predicted octanol–water partition coefficient (Wildman–Crippen LogP) is -0.927. The van der Waals surface area contributed by atoms with Crippen molar-refractivity contribution in [3.8, 4) is 0 Å². The van der Waals surface area contributed by atoms with Gasteiger partial charge in [0, 0.05) is 6.61 Å². The standard InChI is InChI=1S/C21H25OSi.2ClH.Zr/c1-15(2)21-17-9-6-5-8-16(17)14-19(21)18-10-7-11-20(18)23(3,4)13-12-22;;;/h5-9,11,22H,10,12-13H2,1-4H3;2*1H;/q-1;;;+3/p-2. The van der Waals surface area contributed by atoms with Gasteiger partial charge in [0.2, 0.25) is 0 Å². The molecule has 0 unspecified atom stereocenters. The fourth-order valence-corrected chi connectivity index (χ4v) is 6.12. The number of hydrogen-bond donors (Lipinski definition) is 1. The van der Waals surface area contributed by atoms with Crippen molar-refractivity contribution >= 4 is 13.6 Å². The van der Waals surface area contributed by atoms with Gasteiger partial charge in [-0.25, -0.2) is 0 Å². The van der Waals surface area contributed by atoms with E-state index < -0.39 is 8.07 Å². The molecule has 1 nitrogen and oxygen atoms in total. The molecular weight excluding hydrogens is 458 g/mol. The number of rotatable bonds is 4. The Bertz CT molecular complexity index is 772. The summed E-state index contributed by atoms with van der Waals surface area (Å²) in [4.78, 5) is 0. The van der Waals surface area contributed by atoms with Gasteiger partial charge in [-0.2, -0.15) is 0 Å². The molecule has 0 amide bonds. The fraction of sp³-hybridized carbons (Fsp3) is 0.333. The van der Waals surface area contributed by atoms with Crippen LogP contribution in [0.5, 0.6) is 0 Å². The summed E-state index contributed by atoms with van der Waals surface area (Å²) < 4.78 is 0. The number of hydrogen-bond acceptors (Lipinski definition) is 1. The van der Waals surface area contributed by atoms with Crippen LogP contribution in [0, 0.1) is 6.08 Å². The van der Waals surface area contributed by atoms with Crippen LogP contribution in [0.15, 0.2) is 58.3 Å². The monoisotopic (exact) mass is 481 g/mol. The maximum atomic E-state index is 9.45. The molecule has 1 radical (unpaired) electrons. The first-order chi connectivity index (χ1) is 11.0. The molecule has 1 aromatic rings. The maximum Gasteiger partial charge on any atom is 3.00 e. The first-order valence-electron chi connectivity index (χ1n) is 8.38. The maximum absolute atomic E-state index is 9.45. The van der Waals surface area contributed by atoms with E-state index in [0.717, 1.165) is 12.5 Å². The Hall–Kier alpha value is -0.180. The first-order valence-corrected chi connectivity index (χ1v) is 11.6. The molecule has 2 aliphatic carbocycles. The smallest absolute Gasteiger partial charge is 1.00 e. The van der Waals surface area contributed by atoms with E-state index >= 15 is 0 Å². The third-order valence-corrected chi connectivity index (χ3v) is 8.31. The number of benzene rings is 1. The zero-order valence-electron chi connectivity index (χ0n) is 15.8. The molecule has 0 bridgehead atoms. The van der Waals surface area contributed by atoms with E-state index in [2.05, 4.69) is 69.4 Å². The van der Waals surface area contributed by atoms with E-state index in [1.54, 1.807) is 0 Å². The van der Waals surface area contributed by atoms with Gasteiger partial charge in [0.25, 0.3) is 0 Å². The van der Waals surface area contributed by atoms with Gasteiger partial charge in [0.1, 0.15) is 0 Å². The Balaban J connectivity index is 0.00000208. The van der Waals surface area contributed by atoms with Crippen molar-refractivity contribution in [1.82, 2.24) is 0 Å². The van der Waals surface area contributed by atoms with E-state index in [1.807, 2.05) is 0 Å². The Labute approximate surface area is 190 Å². The summed E-state index contributed by atoms with van der Waals surface area (Å²) in [5, 5.41) is 10.9. The summed E-state index contributed by atoms with van der Waals surface area (Å²) in [5.74, 6) is 0. The van der Waals surface area contributed by atoms with Crippen molar-refractivity contribution < 1.29 is 56.1 Å². The van der Waals surface area contributed by atoms with Crippen LogP contribution in [-0.4, -0.2) is 19.8 Å². The molecule has 0 atom stereocenters. The van der Waals surface area contributed by atoms with Crippen LogP contribution in [0.25, 0.3) is 5.57 Å². The van der Waals surface area contributed by atoms with Gasteiger partial charge < -0.3 is 29.9 Å². The van der Waals surface area contributed by atoms with Crippen molar-refractivity contribution in [2.24, 2.45) is 0 Å². The Morgan fingerprint density at radius 1 is 1.15 bits per heavy atom.